The lowest BCUT2D eigenvalue weighted by Crippen LogP contribution is -2.39. The Morgan fingerprint density at radius 1 is 1.08 bits per heavy atom. The molecule has 1 saturated heterocycles. The molecule has 128 valence electrons. The standard InChI is InChI=1S/C17H14ClN3O4/c1-20-14(22)15(21(17(20)24)11-7-3-2-4-8-11)25-16(23)19-13-10-6-5-9-12(13)18/h2-10,15H,1H3,(H,19,23)/t15-/m1/s1. The first kappa shape index (κ1) is 16.8. The van der Waals surface area contributed by atoms with Crippen LogP contribution in [0.25, 0.3) is 0 Å². The molecular formula is C17H14ClN3O4. The summed E-state index contributed by atoms with van der Waals surface area (Å²) in [4.78, 5) is 38.8. The fourth-order valence-electron chi connectivity index (χ4n) is 2.37. The van der Waals surface area contributed by atoms with Gasteiger partial charge in [-0.1, -0.05) is 41.9 Å². The monoisotopic (exact) mass is 359 g/mol. The molecule has 4 amide bonds. The van der Waals surface area contributed by atoms with Crippen molar-refractivity contribution < 1.29 is 19.1 Å². The number of carbonyl (C=O) groups excluding carboxylic acids is 3. The molecule has 3 rings (SSSR count). The van der Waals surface area contributed by atoms with E-state index in [1.807, 2.05) is 0 Å². The Hall–Kier alpha value is -3.06. The topological polar surface area (TPSA) is 79.0 Å². The van der Waals surface area contributed by atoms with E-state index in [9.17, 15) is 14.4 Å². The van der Waals surface area contributed by atoms with E-state index in [0.717, 1.165) is 9.80 Å². The number of urea groups is 1. The zero-order valence-corrected chi connectivity index (χ0v) is 13.9. The first-order valence-electron chi connectivity index (χ1n) is 7.37. The number of ether oxygens (including phenoxy) is 1. The first-order valence-corrected chi connectivity index (χ1v) is 7.75. The van der Waals surface area contributed by atoms with Crippen LogP contribution in [0.15, 0.2) is 54.6 Å². The van der Waals surface area contributed by atoms with Crippen LogP contribution in [0, 0.1) is 0 Å². The molecule has 1 aliphatic heterocycles. The number of hydrogen-bond donors (Lipinski definition) is 1. The first-order chi connectivity index (χ1) is 12.0. The summed E-state index contributed by atoms with van der Waals surface area (Å²) in [5, 5.41) is 2.78. The van der Waals surface area contributed by atoms with Gasteiger partial charge in [0.1, 0.15) is 0 Å². The number of halogens is 1. The van der Waals surface area contributed by atoms with Crippen molar-refractivity contribution in [2.45, 2.75) is 6.23 Å². The molecule has 0 aliphatic carbocycles. The van der Waals surface area contributed by atoms with Gasteiger partial charge < -0.3 is 4.74 Å². The second-order valence-corrected chi connectivity index (χ2v) is 5.66. The van der Waals surface area contributed by atoms with Crippen LogP contribution < -0.4 is 10.2 Å². The smallest absolute Gasteiger partial charge is 0.414 e. The number of hydrogen-bond acceptors (Lipinski definition) is 4. The van der Waals surface area contributed by atoms with Crippen molar-refractivity contribution in [3.63, 3.8) is 0 Å². The van der Waals surface area contributed by atoms with Crippen molar-refractivity contribution in [3.8, 4) is 0 Å². The maximum Gasteiger partial charge on any atom is 0.414 e. The molecule has 1 heterocycles. The van der Waals surface area contributed by atoms with Crippen LogP contribution in [0.4, 0.5) is 21.0 Å². The van der Waals surface area contributed by atoms with Crippen molar-refractivity contribution in [2.75, 3.05) is 17.3 Å². The number of carbonyl (C=O) groups is 3. The van der Waals surface area contributed by atoms with Gasteiger partial charge in [0.25, 0.3) is 12.1 Å². The normalized spacial score (nSPS) is 17.0. The van der Waals surface area contributed by atoms with Gasteiger partial charge in [0.2, 0.25) is 0 Å². The fraction of sp³-hybridized carbons (Fsp3) is 0.118. The Morgan fingerprint density at radius 2 is 1.72 bits per heavy atom. The zero-order chi connectivity index (χ0) is 18.0. The van der Waals surface area contributed by atoms with Gasteiger partial charge in [0.15, 0.2) is 0 Å². The van der Waals surface area contributed by atoms with E-state index < -0.39 is 24.3 Å². The Bertz CT molecular complexity index is 828. The third-order valence-corrected chi connectivity index (χ3v) is 3.96. The molecule has 0 saturated carbocycles. The number of likely N-dealkylation sites (N-methyl/N-ethyl adjacent to an activating group) is 1. The fourth-order valence-corrected chi connectivity index (χ4v) is 2.56. The predicted octanol–water partition coefficient (Wildman–Crippen LogP) is 3.31. The highest BCUT2D eigenvalue weighted by Gasteiger charge is 2.46. The lowest BCUT2D eigenvalue weighted by Gasteiger charge is -2.21. The number of anilines is 2. The van der Waals surface area contributed by atoms with E-state index in [4.69, 9.17) is 16.3 Å². The Balaban J connectivity index is 1.81. The van der Waals surface area contributed by atoms with E-state index in [1.165, 1.54) is 7.05 Å². The third-order valence-electron chi connectivity index (χ3n) is 3.63. The van der Waals surface area contributed by atoms with Crippen molar-refractivity contribution in [2.24, 2.45) is 0 Å². The van der Waals surface area contributed by atoms with E-state index in [0.29, 0.717) is 16.4 Å². The van der Waals surface area contributed by atoms with E-state index >= 15 is 0 Å². The minimum absolute atomic E-state index is 0.324. The molecule has 1 fully saturated rings. The molecule has 7 nitrogen and oxygen atoms in total. The summed E-state index contributed by atoms with van der Waals surface area (Å²) in [6.07, 6.45) is -2.28. The molecule has 0 aromatic heterocycles. The number of nitrogens with one attached hydrogen (secondary N) is 1. The molecular weight excluding hydrogens is 346 g/mol. The minimum Gasteiger partial charge on any atom is -0.415 e. The maximum atomic E-state index is 12.3. The number of para-hydroxylation sites is 2. The van der Waals surface area contributed by atoms with E-state index in [-0.39, 0.29) is 0 Å². The van der Waals surface area contributed by atoms with Gasteiger partial charge in [0.05, 0.1) is 10.7 Å². The number of benzene rings is 2. The molecule has 8 heteroatoms. The van der Waals surface area contributed by atoms with Crippen LogP contribution >= 0.6 is 11.6 Å². The predicted molar refractivity (Wildman–Crippen MR) is 92.4 cm³/mol. The molecule has 0 radical (unpaired) electrons. The Morgan fingerprint density at radius 3 is 2.40 bits per heavy atom. The molecule has 0 spiro atoms. The largest absolute Gasteiger partial charge is 0.415 e. The van der Waals surface area contributed by atoms with Crippen LogP contribution in [-0.2, 0) is 9.53 Å². The number of rotatable bonds is 3. The molecule has 25 heavy (non-hydrogen) atoms. The Labute approximate surface area is 148 Å². The SMILES string of the molecule is CN1C(=O)[C@@H](OC(=O)Nc2ccccc2Cl)N(c2ccccc2)C1=O. The Kier molecular flexibility index (Phi) is 4.58. The summed E-state index contributed by atoms with van der Waals surface area (Å²) in [6, 6.07) is 14.5. The van der Waals surface area contributed by atoms with Gasteiger partial charge in [-0.15, -0.1) is 0 Å². The van der Waals surface area contributed by atoms with E-state index in [1.54, 1.807) is 54.6 Å². The van der Waals surface area contributed by atoms with Crippen molar-refractivity contribution in [3.05, 3.63) is 59.6 Å². The number of nitrogens with zero attached hydrogens (tertiary/aromatic N) is 2. The van der Waals surface area contributed by atoms with Crippen LogP contribution in [0.1, 0.15) is 0 Å². The quantitative estimate of drug-likeness (QED) is 0.853. The van der Waals surface area contributed by atoms with Crippen LogP contribution in [0.5, 0.6) is 0 Å². The van der Waals surface area contributed by atoms with Crippen LogP contribution in [-0.4, -0.2) is 36.2 Å². The minimum atomic E-state index is -1.39. The van der Waals surface area contributed by atoms with Crippen molar-refractivity contribution in [1.82, 2.24) is 4.90 Å². The van der Waals surface area contributed by atoms with Crippen LogP contribution in [0.3, 0.4) is 0 Å². The van der Waals surface area contributed by atoms with Crippen molar-refractivity contribution in [1.29, 1.82) is 0 Å². The summed E-state index contributed by atoms with van der Waals surface area (Å²) in [7, 11) is 1.33. The van der Waals surface area contributed by atoms with Gasteiger partial charge >= 0.3 is 12.1 Å². The number of imide groups is 1. The third kappa shape index (κ3) is 3.27. The molecule has 2 aromatic carbocycles. The highest BCUT2D eigenvalue weighted by atomic mass is 35.5. The average molecular weight is 360 g/mol. The van der Waals surface area contributed by atoms with Gasteiger partial charge in [-0.05, 0) is 24.3 Å². The van der Waals surface area contributed by atoms with Gasteiger partial charge in [-0.25, -0.2) is 14.5 Å². The second kappa shape index (κ2) is 6.82. The van der Waals surface area contributed by atoms with Crippen molar-refractivity contribution >= 4 is 41.0 Å². The lowest BCUT2D eigenvalue weighted by molar-refractivity contribution is -0.132. The second-order valence-electron chi connectivity index (χ2n) is 5.25. The average Bonchev–Trinajstić information content (AvgIpc) is 2.82. The lowest BCUT2D eigenvalue weighted by atomic mass is 10.3. The number of amides is 4. The molecule has 1 aliphatic rings. The zero-order valence-electron chi connectivity index (χ0n) is 13.2. The molecule has 1 N–H and O–H groups in total. The molecule has 2 aromatic rings. The highest BCUT2D eigenvalue weighted by molar-refractivity contribution is 6.33. The molecule has 0 bridgehead atoms. The molecule has 1 atom stereocenters. The highest BCUT2D eigenvalue weighted by Crippen LogP contribution is 2.26. The van der Waals surface area contributed by atoms with Crippen LogP contribution in [0.2, 0.25) is 5.02 Å². The summed E-state index contributed by atoms with van der Waals surface area (Å²) < 4.78 is 5.20. The summed E-state index contributed by atoms with van der Waals surface area (Å²) in [5.41, 5.74) is 0.784. The summed E-state index contributed by atoms with van der Waals surface area (Å²) in [6.45, 7) is 0. The van der Waals surface area contributed by atoms with Gasteiger partial charge in [-0.3, -0.25) is 15.0 Å². The van der Waals surface area contributed by atoms with E-state index in [2.05, 4.69) is 5.32 Å². The maximum absolute atomic E-state index is 12.3. The summed E-state index contributed by atoms with van der Waals surface area (Å²) >= 11 is 5.97. The molecule has 0 unspecified atom stereocenters. The summed E-state index contributed by atoms with van der Waals surface area (Å²) in [5.74, 6) is -0.636. The van der Waals surface area contributed by atoms with Gasteiger partial charge in [-0.2, -0.15) is 0 Å². The van der Waals surface area contributed by atoms with Gasteiger partial charge in [0, 0.05) is 12.7 Å².